The lowest BCUT2D eigenvalue weighted by Gasteiger charge is -2.71. The van der Waals surface area contributed by atoms with E-state index in [-0.39, 0.29) is 27.8 Å². The second-order valence-corrected chi connectivity index (χ2v) is 15.2. The average molecular weight is 443 g/mol. The van der Waals surface area contributed by atoms with Gasteiger partial charge in [0.05, 0.1) is 12.7 Å². The predicted molar refractivity (Wildman–Crippen MR) is 132 cm³/mol. The molecular weight excluding hydrogens is 392 g/mol. The van der Waals surface area contributed by atoms with Gasteiger partial charge in [0.15, 0.2) is 0 Å². The predicted octanol–water partition coefficient (Wildman–Crippen LogP) is 7.14. The van der Waals surface area contributed by atoms with Gasteiger partial charge in [-0.25, -0.2) is 0 Å². The summed E-state index contributed by atoms with van der Waals surface area (Å²) in [6, 6.07) is 0. The van der Waals surface area contributed by atoms with Crippen LogP contribution in [0.3, 0.4) is 0 Å². The smallest absolute Gasteiger partial charge is 0.0594 e. The maximum Gasteiger partial charge on any atom is 0.0594 e. The van der Waals surface area contributed by atoms with Crippen molar-refractivity contribution in [3.05, 3.63) is 11.6 Å². The summed E-state index contributed by atoms with van der Waals surface area (Å²) in [4.78, 5) is 0. The first-order valence-corrected chi connectivity index (χ1v) is 13.8. The van der Waals surface area contributed by atoms with Gasteiger partial charge in [-0.1, -0.05) is 60.1 Å². The van der Waals surface area contributed by atoms with E-state index in [0.29, 0.717) is 35.2 Å². The molecule has 0 aliphatic heterocycles. The largest absolute Gasteiger partial charge is 0.395 e. The summed E-state index contributed by atoms with van der Waals surface area (Å²) >= 11 is 0. The van der Waals surface area contributed by atoms with Crippen molar-refractivity contribution in [3.63, 3.8) is 0 Å². The molecule has 2 nitrogen and oxygen atoms in total. The number of rotatable bonds is 1. The Morgan fingerprint density at radius 3 is 2.22 bits per heavy atom. The molecular formula is C30H50O2. The fraction of sp³-hybridized carbons (Fsp3) is 0.933. The van der Waals surface area contributed by atoms with E-state index in [1.54, 1.807) is 5.57 Å². The van der Waals surface area contributed by atoms with E-state index in [0.717, 1.165) is 12.8 Å². The molecule has 4 fully saturated rings. The third-order valence-corrected chi connectivity index (χ3v) is 13.0. The van der Waals surface area contributed by atoms with Gasteiger partial charge in [0.25, 0.3) is 0 Å². The topological polar surface area (TPSA) is 40.5 Å². The molecule has 0 aromatic carbocycles. The van der Waals surface area contributed by atoms with E-state index in [1.165, 1.54) is 51.4 Å². The molecule has 0 saturated heterocycles. The molecule has 2 heteroatoms. The van der Waals surface area contributed by atoms with Crippen LogP contribution in [0.1, 0.15) is 113 Å². The zero-order valence-electron chi connectivity index (χ0n) is 22.1. The lowest BCUT2D eigenvalue weighted by atomic mass is 9.33. The second kappa shape index (κ2) is 6.87. The summed E-state index contributed by atoms with van der Waals surface area (Å²) in [6.07, 6.45) is 14.6. The van der Waals surface area contributed by atoms with Crippen LogP contribution >= 0.6 is 0 Å². The van der Waals surface area contributed by atoms with Crippen LogP contribution in [0.5, 0.6) is 0 Å². The molecule has 8 atom stereocenters. The maximum absolute atomic E-state index is 11.2. The lowest BCUT2D eigenvalue weighted by Crippen LogP contribution is -2.65. The lowest BCUT2D eigenvalue weighted by molar-refractivity contribution is -0.212. The van der Waals surface area contributed by atoms with E-state index in [2.05, 4.69) is 54.5 Å². The second-order valence-electron chi connectivity index (χ2n) is 15.2. The zero-order valence-corrected chi connectivity index (χ0v) is 22.1. The van der Waals surface area contributed by atoms with Gasteiger partial charge in [0.1, 0.15) is 0 Å². The molecule has 0 amide bonds. The Balaban J connectivity index is 1.60. The molecule has 4 saturated carbocycles. The number of aliphatic hydroxyl groups is 2. The van der Waals surface area contributed by atoms with Crippen LogP contribution in [0.2, 0.25) is 0 Å². The van der Waals surface area contributed by atoms with Gasteiger partial charge in [0, 0.05) is 5.41 Å². The van der Waals surface area contributed by atoms with Gasteiger partial charge >= 0.3 is 0 Å². The third-order valence-electron chi connectivity index (χ3n) is 13.0. The molecule has 5 aliphatic rings. The fourth-order valence-electron chi connectivity index (χ4n) is 10.7. The molecule has 32 heavy (non-hydrogen) atoms. The van der Waals surface area contributed by atoms with Gasteiger partial charge in [-0.3, -0.25) is 0 Å². The molecule has 182 valence electrons. The summed E-state index contributed by atoms with van der Waals surface area (Å²) in [6.45, 7) is 17.6. The van der Waals surface area contributed by atoms with Crippen LogP contribution in [0.4, 0.5) is 0 Å². The maximum atomic E-state index is 11.2. The first kappa shape index (κ1) is 23.4. The number of allylic oxidation sites excluding steroid dienone is 1. The Kier molecular flexibility index (Phi) is 5.02. The molecule has 5 aliphatic carbocycles. The molecule has 0 aromatic heterocycles. The van der Waals surface area contributed by atoms with Crippen molar-refractivity contribution in [3.8, 4) is 0 Å². The molecule has 5 rings (SSSR count). The minimum atomic E-state index is -0.175. The quantitative estimate of drug-likeness (QED) is 0.424. The molecule has 0 aromatic rings. The van der Waals surface area contributed by atoms with E-state index >= 15 is 0 Å². The first-order valence-electron chi connectivity index (χ1n) is 13.8. The average Bonchev–Trinajstić information content (AvgIpc) is 2.71. The van der Waals surface area contributed by atoms with Gasteiger partial charge in [-0.05, 0) is 109 Å². The van der Waals surface area contributed by atoms with Gasteiger partial charge in [-0.2, -0.15) is 0 Å². The van der Waals surface area contributed by atoms with Crippen molar-refractivity contribution in [1.29, 1.82) is 0 Å². The summed E-state index contributed by atoms with van der Waals surface area (Å²) in [5.74, 6) is 1.82. The van der Waals surface area contributed by atoms with Crippen LogP contribution in [-0.2, 0) is 0 Å². The highest BCUT2D eigenvalue weighted by Crippen LogP contribution is 2.75. The normalized spacial score (nSPS) is 53.8. The number of hydrogen-bond acceptors (Lipinski definition) is 2. The van der Waals surface area contributed by atoms with Crippen molar-refractivity contribution in [1.82, 2.24) is 0 Å². The highest BCUT2D eigenvalue weighted by molar-refractivity contribution is 5.34. The first-order chi connectivity index (χ1) is 14.8. The van der Waals surface area contributed by atoms with E-state index < -0.39 is 0 Å². The molecule has 0 spiro atoms. The Bertz CT molecular complexity index is 810. The van der Waals surface area contributed by atoms with Crippen molar-refractivity contribution in [2.24, 2.45) is 50.2 Å². The van der Waals surface area contributed by atoms with Crippen LogP contribution in [0.15, 0.2) is 11.6 Å². The number of fused-ring (bicyclic) bond motifs is 7. The van der Waals surface area contributed by atoms with Crippen LogP contribution in [0.25, 0.3) is 0 Å². The van der Waals surface area contributed by atoms with Gasteiger partial charge in [0.2, 0.25) is 0 Å². The summed E-state index contributed by atoms with van der Waals surface area (Å²) in [7, 11) is 0. The van der Waals surface area contributed by atoms with Crippen LogP contribution < -0.4 is 0 Å². The summed E-state index contributed by atoms with van der Waals surface area (Å²) in [5.41, 5.74) is 2.86. The van der Waals surface area contributed by atoms with E-state index in [9.17, 15) is 10.2 Å². The molecule has 0 heterocycles. The fourth-order valence-corrected chi connectivity index (χ4v) is 10.7. The van der Waals surface area contributed by atoms with E-state index in [4.69, 9.17) is 0 Å². The van der Waals surface area contributed by atoms with Crippen molar-refractivity contribution in [2.75, 3.05) is 6.61 Å². The molecule has 0 unspecified atom stereocenters. The number of hydrogen-bond donors (Lipinski definition) is 2. The zero-order chi connectivity index (χ0) is 23.4. The highest BCUT2D eigenvalue weighted by atomic mass is 16.3. The SMILES string of the molecule is CC1(C)CC[C@]2(C)CC[C@]3(CO)C(=CC[C@@H]4[C@@]5(C)CC[C@H](O)C(C)(C)[C@H]5CC[C@]43C)[C@H]2C1. The molecule has 0 bridgehead atoms. The van der Waals surface area contributed by atoms with Crippen molar-refractivity contribution >= 4 is 0 Å². The van der Waals surface area contributed by atoms with Gasteiger partial charge in [-0.15, -0.1) is 0 Å². The van der Waals surface area contributed by atoms with Crippen molar-refractivity contribution < 1.29 is 10.2 Å². The monoisotopic (exact) mass is 442 g/mol. The summed E-state index contributed by atoms with van der Waals surface area (Å²) in [5, 5.41) is 22.1. The summed E-state index contributed by atoms with van der Waals surface area (Å²) < 4.78 is 0. The highest BCUT2D eigenvalue weighted by Gasteiger charge is 2.69. The van der Waals surface area contributed by atoms with Gasteiger partial charge < -0.3 is 10.2 Å². The molecule has 0 radical (unpaired) electrons. The Labute approximate surface area is 197 Å². The van der Waals surface area contributed by atoms with Crippen LogP contribution in [-0.4, -0.2) is 22.9 Å². The third kappa shape index (κ3) is 2.78. The Morgan fingerprint density at radius 2 is 1.53 bits per heavy atom. The van der Waals surface area contributed by atoms with Crippen LogP contribution in [0, 0.1) is 50.2 Å². The minimum absolute atomic E-state index is 0.0107. The minimum Gasteiger partial charge on any atom is -0.395 e. The molecule has 2 N–H and O–H groups in total. The van der Waals surface area contributed by atoms with Crippen molar-refractivity contribution in [2.45, 2.75) is 119 Å². The Morgan fingerprint density at radius 1 is 0.844 bits per heavy atom. The number of aliphatic hydroxyl groups excluding tert-OH is 2. The standard InChI is InChI=1S/C30H50O2/c1-25(2)14-15-27(5)16-17-30(19-31)20(21(27)18-25)8-9-23-28(6)12-11-24(32)26(3,4)22(28)10-13-29(23,30)7/h8,21-24,31-32H,9-19H2,1-7H3/t21-,22-,23-,24+,27-,28+,29-,30+/m1/s1. The Hall–Kier alpha value is -0.340. The van der Waals surface area contributed by atoms with E-state index in [1.807, 2.05) is 0 Å².